The number of rotatable bonds is 5. The summed E-state index contributed by atoms with van der Waals surface area (Å²) in [6, 6.07) is 3.54. The largest absolute Gasteiger partial charge is 0.369 e. The second kappa shape index (κ2) is 7.23. The summed E-state index contributed by atoms with van der Waals surface area (Å²) in [7, 11) is 0. The number of piperidine rings is 1. The van der Waals surface area contributed by atoms with Crippen LogP contribution in [-0.4, -0.2) is 59.6 Å². The molecule has 7 heteroatoms. The third-order valence-corrected chi connectivity index (χ3v) is 4.35. The summed E-state index contributed by atoms with van der Waals surface area (Å²) in [5.41, 5.74) is 0.384. The average Bonchev–Trinajstić information content (AvgIpc) is 3.04. The molecule has 126 valence electrons. The number of nitrogens with one attached hydrogen (secondary N) is 1. The number of amides is 1. The van der Waals surface area contributed by atoms with Crippen molar-refractivity contribution in [2.24, 2.45) is 0 Å². The van der Waals surface area contributed by atoms with Crippen molar-refractivity contribution in [3.63, 3.8) is 0 Å². The molecule has 0 aliphatic carbocycles. The lowest BCUT2D eigenvalue weighted by Crippen LogP contribution is -2.47. The Labute approximate surface area is 136 Å². The monoisotopic (exact) mass is 320 g/mol. The van der Waals surface area contributed by atoms with E-state index in [-0.39, 0.29) is 5.91 Å². The van der Waals surface area contributed by atoms with Crippen LogP contribution in [0.5, 0.6) is 0 Å². The van der Waals surface area contributed by atoms with Gasteiger partial charge < -0.3 is 19.7 Å². The average molecular weight is 320 g/mol. The van der Waals surface area contributed by atoms with E-state index in [0.29, 0.717) is 50.7 Å². The first-order valence-electron chi connectivity index (χ1n) is 8.37. The number of carbonyl (C=O) groups is 1. The number of nitrogens with zero attached hydrogens (tertiary/aromatic N) is 3. The van der Waals surface area contributed by atoms with Crippen LogP contribution in [-0.2, 0) is 9.47 Å². The van der Waals surface area contributed by atoms with Gasteiger partial charge in [0.2, 0.25) is 0 Å². The van der Waals surface area contributed by atoms with Gasteiger partial charge in [-0.15, -0.1) is 10.2 Å². The number of carbonyl (C=O) groups excluding carboxylic acids is 1. The lowest BCUT2D eigenvalue weighted by atomic mass is 10.0. The first kappa shape index (κ1) is 16.1. The molecule has 2 fully saturated rings. The van der Waals surface area contributed by atoms with Gasteiger partial charge >= 0.3 is 0 Å². The molecule has 0 bridgehead atoms. The molecule has 0 radical (unpaired) electrons. The van der Waals surface area contributed by atoms with Gasteiger partial charge in [0, 0.05) is 32.5 Å². The highest BCUT2D eigenvalue weighted by atomic mass is 16.7. The fraction of sp³-hybridized carbons (Fsp3) is 0.688. The number of unbranched alkanes of at least 4 members (excludes halogenated alkanes) is 1. The van der Waals surface area contributed by atoms with Crippen molar-refractivity contribution in [1.29, 1.82) is 0 Å². The fourth-order valence-corrected chi connectivity index (χ4v) is 2.93. The Morgan fingerprint density at radius 3 is 2.61 bits per heavy atom. The van der Waals surface area contributed by atoms with Crippen LogP contribution in [0.15, 0.2) is 12.1 Å². The maximum atomic E-state index is 12.5. The maximum absolute atomic E-state index is 12.5. The Bertz CT molecular complexity index is 519. The van der Waals surface area contributed by atoms with Gasteiger partial charge in [-0.2, -0.15) is 0 Å². The van der Waals surface area contributed by atoms with Crippen molar-refractivity contribution in [3.8, 4) is 0 Å². The molecule has 0 saturated carbocycles. The summed E-state index contributed by atoms with van der Waals surface area (Å²) in [5, 5.41) is 11.3. The zero-order valence-electron chi connectivity index (χ0n) is 13.6. The lowest BCUT2D eigenvalue weighted by Gasteiger charge is -2.37. The van der Waals surface area contributed by atoms with Crippen molar-refractivity contribution in [2.75, 3.05) is 38.2 Å². The lowest BCUT2D eigenvalue weighted by molar-refractivity contribution is -0.181. The Balaban J connectivity index is 1.54. The predicted molar refractivity (Wildman–Crippen MR) is 85.2 cm³/mol. The number of aromatic nitrogens is 2. The van der Waals surface area contributed by atoms with Crippen molar-refractivity contribution < 1.29 is 14.3 Å². The molecule has 1 N–H and O–H groups in total. The molecular formula is C16H24N4O3. The van der Waals surface area contributed by atoms with Crippen LogP contribution in [0.1, 0.15) is 43.1 Å². The second-order valence-electron chi connectivity index (χ2n) is 5.98. The van der Waals surface area contributed by atoms with Crippen LogP contribution >= 0.6 is 0 Å². The van der Waals surface area contributed by atoms with Gasteiger partial charge in [-0.05, 0) is 18.6 Å². The summed E-state index contributed by atoms with van der Waals surface area (Å²) in [5.74, 6) is 0.168. The van der Waals surface area contributed by atoms with Crippen LogP contribution in [0.3, 0.4) is 0 Å². The molecule has 7 nitrogen and oxygen atoms in total. The second-order valence-corrected chi connectivity index (χ2v) is 5.98. The smallest absolute Gasteiger partial charge is 0.274 e. The number of hydrogen-bond donors (Lipinski definition) is 1. The third kappa shape index (κ3) is 3.79. The minimum atomic E-state index is -0.463. The topological polar surface area (TPSA) is 76.6 Å². The SMILES string of the molecule is CCCCNc1ccc(C(=O)N2CCC3(CC2)OCCO3)nn1. The minimum absolute atomic E-state index is 0.0783. The number of likely N-dealkylation sites (tertiary alicyclic amines) is 1. The fourth-order valence-electron chi connectivity index (χ4n) is 2.93. The number of ether oxygens (including phenoxy) is 2. The van der Waals surface area contributed by atoms with Crippen LogP contribution in [0.25, 0.3) is 0 Å². The maximum Gasteiger partial charge on any atom is 0.274 e. The van der Waals surface area contributed by atoms with E-state index in [1.165, 1.54) is 0 Å². The van der Waals surface area contributed by atoms with Gasteiger partial charge in [0.15, 0.2) is 11.5 Å². The number of hydrogen-bond acceptors (Lipinski definition) is 6. The Kier molecular flexibility index (Phi) is 5.07. The van der Waals surface area contributed by atoms with Crippen molar-refractivity contribution in [1.82, 2.24) is 15.1 Å². The third-order valence-electron chi connectivity index (χ3n) is 4.35. The van der Waals surface area contributed by atoms with E-state index in [1.54, 1.807) is 11.0 Å². The standard InChI is InChI=1S/C16H24N4O3/c1-2-3-8-17-14-5-4-13(18-19-14)15(21)20-9-6-16(7-10-20)22-11-12-23-16/h4-5H,2-3,6-12H2,1H3,(H,17,19). The van der Waals surface area contributed by atoms with E-state index in [1.807, 2.05) is 6.07 Å². The molecule has 0 atom stereocenters. The molecule has 3 heterocycles. The van der Waals surface area contributed by atoms with Gasteiger partial charge in [-0.3, -0.25) is 4.79 Å². The predicted octanol–water partition coefficient (Wildman–Crippen LogP) is 1.67. The zero-order chi connectivity index (χ0) is 16.1. The summed E-state index contributed by atoms with van der Waals surface area (Å²) >= 11 is 0. The number of anilines is 1. The molecule has 1 amide bonds. The normalized spacial score (nSPS) is 20.0. The highest BCUT2D eigenvalue weighted by Crippen LogP contribution is 2.31. The van der Waals surface area contributed by atoms with Crippen LogP contribution in [0, 0.1) is 0 Å². The van der Waals surface area contributed by atoms with Crippen molar-refractivity contribution in [3.05, 3.63) is 17.8 Å². The highest BCUT2D eigenvalue weighted by Gasteiger charge is 2.41. The molecule has 3 rings (SSSR count). The van der Waals surface area contributed by atoms with Gasteiger partial charge in [-0.1, -0.05) is 13.3 Å². The molecule has 2 aliphatic rings. The van der Waals surface area contributed by atoms with Crippen LogP contribution in [0.2, 0.25) is 0 Å². The van der Waals surface area contributed by atoms with Crippen molar-refractivity contribution >= 4 is 11.7 Å². The summed E-state index contributed by atoms with van der Waals surface area (Å²) in [6.07, 6.45) is 3.63. The quantitative estimate of drug-likeness (QED) is 0.832. The van der Waals surface area contributed by atoms with E-state index in [2.05, 4.69) is 22.4 Å². The minimum Gasteiger partial charge on any atom is -0.369 e. The molecular weight excluding hydrogens is 296 g/mol. The molecule has 1 spiro atoms. The highest BCUT2D eigenvalue weighted by molar-refractivity contribution is 5.92. The van der Waals surface area contributed by atoms with E-state index in [0.717, 1.165) is 19.4 Å². The summed E-state index contributed by atoms with van der Waals surface area (Å²) in [6.45, 7) is 5.54. The molecule has 1 aromatic heterocycles. The van der Waals surface area contributed by atoms with E-state index in [9.17, 15) is 4.79 Å². The molecule has 2 aliphatic heterocycles. The van der Waals surface area contributed by atoms with E-state index < -0.39 is 5.79 Å². The van der Waals surface area contributed by atoms with Crippen LogP contribution in [0.4, 0.5) is 5.82 Å². The Morgan fingerprint density at radius 2 is 2.00 bits per heavy atom. The first-order chi connectivity index (χ1) is 11.2. The zero-order valence-corrected chi connectivity index (χ0v) is 13.6. The first-order valence-corrected chi connectivity index (χ1v) is 8.37. The van der Waals surface area contributed by atoms with E-state index >= 15 is 0 Å². The summed E-state index contributed by atoms with van der Waals surface area (Å²) < 4.78 is 11.4. The van der Waals surface area contributed by atoms with Gasteiger partial charge in [0.25, 0.3) is 5.91 Å². The van der Waals surface area contributed by atoms with E-state index in [4.69, 9.17) is 9.47 Å². The molecule has 23 heavy (non-hydrogen) atoms. The van der Waals surface area contributed by atoms with Gasteiger partial charge in [0.1, 0.15) is 5.82 Å². The summed E-state index contributed by atoms with van der Waals surface area (Å²) in [4.78, 5) is 14.3. The van der Waals surface area contributed by atoms with Crippen LogP contribution < -0.4 is 5.32 Å². The molecule has 1 aromatic rings. The molecule has 0 unspecified atom stereocenters. The molecule has 2 saturated heterocycles. The van der Waals surface area contributed by atoms with Gasteiger partial charge in [-0.25, -0.2) is 0 Å². The van der Waals surface area contributed by atoms with Gasteiger partial charge in [0.05, 0.1) is 13.2 Å². The Hall–Kier alpha value is -1.73. The van der Waals surface area contributed by atoms with Crippen molar-refractivity contribution in [2.45, 2.75) is 38.4 Å². The molecule has 0 aromatic carbocycles. The Morgan fingerprint density at radius 1 is 1.26 bits per heavy atom.